The van der Waals surface area contributed by atoms with E-state index in [0.717, 1.165) is 5.56 Å². The van der Waals surface area contributed by atoms with Crippen LogP contribution in [0.3, 0.4) is 0 Å². The zero-order valence-corrected chi connectivity index (χ0v) is 13.8. The number of amides is 1. The fourth-order valence-electron chi connectivity index (χ4n) is 2.42. The molecule has 0 spiro atoms. The van der Waals surface area contributed by atoms with Gasteiger partial charge >= 0.3 is 6.09 Å². The number of nitrogens with one attached hydrogen (secondary N) is 1. The van der Waals surface area contributed by atoms with Crippen molar-refractivity contribution in [3.8, 4) is 0 Å². The summed E-state index contributed by atoms with van der Waals surface area (Å²) in [5.74, 6) is -0.735. The first-order chi connectivity index (χ1) is 12.6. The Balaban J connectivity index is 1.71. The lowest BCUT2D eigenvalue weighted by atomic mass is 10.0. The van der Waals surface area contributed by atoms with Crippen LogP contribution >= 0.6 is 0 Å². The van der Waals surface area contributed by atoms with Crippen LogP contribution in [0.25, 0.3) is 0 Å². The zero-order valence-electron chi connectivity index (χ0n) is 13.8. The summed E-state index contributed by atoms with van der Waals surface area (Å²) >= 11 is 0. The molecule has 130 valence electrons. The van der Waals surface area contributed by atoms with E-state index in [2.05, 4.69) is 5.32 Å². The fourth-order valence-corrected chi connectivity index (χ4v) is 2.42. The second-order valence-electron chi connectivity index (χ2n) is 5.57. The maximum Gasteiger partial charge on any atom is 0.411 e. The zero-order chi connectivity index (χ0) is 18.4. The first kappa shape index (κ1) is 17.4. The van der Waals surface area contributed by atoms with Gasteiger partial charge in [0, 0.05) is 11.1 Å². The normalized spacial score (nSPS) is 10.2. The SMILES string of the molecule is O=C(Nc1ccccc1C(=O)c1ccc(F)cc1)OCc1ccccc1. The predicted octanol–water partition coefficient (Wildman–Crippen LogP) is 4.81. The van der Waals surface area contributed by atoms with Crippen LogP contribution in [-0.2, 0) is 11.3 Å². The number of carbonyl (C=O) groups excluding carboxylic acids is 2. The Labute approximate surface area is 150 Å². The molecule has 0 bridgehead atoms. The minimum absolute atomic E-state index is 0.126. The Morgan fingerprint density at radius 3 is 2.23 bits per heavy atom. The van der Waals surface area contributed by atoms with Crippen LogP contribution in [0.5, 0.6) is 0 Å². The molecule has 26 heavy (non-hydrogen) atoms. The molecule has 3 aromatic rings. The van der Waals surface area contributed by atoms with Gasteiger partial charge in [0.2, 0.25) is 0 Å². The number of hydrogen-bond acceptors (Lipinski definition) is 3. The molecule has 0 saturated heterocycles. The standard InChI is InChI=1S/C21H16FNO3/c22-17-12-10-16(11-13-17)20(24)18-8-4-5-9-19(18)23-21(25)26-14-15-6-2-1-3-7-15/h1-13H,14H2,(H,23,25). The van der Waals surface area contributed by atoms with Crippen molar-refractivity contribution in [2.75, 3.05) is 5.32 Å². The molecule has 4 nitrogen and oxygen atoms in total. The van der Waals surface area contributed by atoms with Crippen molar-refractivity contribution in [3.05, 3.63) is 101 Å². The number of carbonyl (C=O) groups is 2. The molecule has 0 aliphatic heterocycles. The third kappa shape index (κ3) is 4.33. The van der Waals surface area contributed by atoms with Gasteiger partial charge in [0.25, 0.3) is 0 Å². The van der Waals surface area contributed by atoms with Crippen LogP contribution in [0.2, 0.25) is 0 Å². The van der Waals surface area contributed by atoms with E-state index in [4.69, 9.17) is 4.74 Å². The van der Waals surface area contributed by atoms with Crippen molar-refractivity contribution in [1.29, 1.82) is 0 Å². The van der Waals surface area contributed by atoms with E-state index < -0.39 is 11.9 Å². The highest BCUT2D eigenvalue weighted by atomic mass is 19.1. The van der Waals surface area contributed by atoms with Gasteiger partial charge in [0.05, 0.1) is 5.69 Å². The van der Waals surface area contributed by atoms with Crippen LogP contribution < -0.4 is 5.32 Å². The van der Waals surface area contributed by atoms with E-state index >= 15 is 0 Å². The van der Waals surface area contributed by atoms with Crippen LogP contribution in [0, 0.1) is 5.82 Å². The number of ether oxygens (including phenoxy) is 1. The van der Waals surface area contributed by atoms with Crippen molar-refractivity contribution >= 4 is 17.6 Å². The molecule has 5 heteroatoms. The predicted molar refractivity (Wildman–Crippen MR) is 96.5 cm³/mol. The molecule has 0 heterocycles. The van der Waals surface area contributed by atoms with Gasteiger partial charge in [-0.05, 0) is 42.0 Å². The maximum absolute atomic E-state index is 13.0. The van der Waals surface area contributed by atoms with Gasteiger partial charge in [-0.15, -0.1) is 0 Å². The number of halogens is 1. The number of anilines is 1. The van der Waals surface area contributed by atoms with Crippen LogP contribution in [-0.4, -0.2) is 11.9 Å². The third-order valence-electron chi connectivity index (χ3n) is 3.73. The summed E-state index contributed by atoms with van der Waals surface area (Å²) in [7, 11) is 0. The molecular formula is C21H16FNO3. The minimum Gasteiger partial charge on any atom is -0.444 e. The maximum atomic E-state index is 13.0. The Hall–Kier alpha value is -3.47. The van der Waals surface area contributed by atoms with E-state index in [1.165, 1.54) is 24.3 Å². The number of para-hydroxylation sites is 1. The summed E-state index contributed by atoms with van der Waals surface area (Å²) in [6.45, 7) is 0.126. The lowest BCUT2D eigenvalue weighted by molar-refractivity contribution is 0.103. The monoisotopic (exact) mass is 349 g/mol. The summed E-state index contributed by atoms with van der Waals surface area (Å²) in [6.07, 6.45) is -0.659. The average molecular weight is 349 g/mol. The Morgan fingerprint density at radius 1 is 0.846 bits per heavy atom. The summed E-state index contributed by atoms with van der Waals surface area (Å²) in [5.41, 5.74) is 1.83. The summed E-state index contributed by atoms with van der Waals surface area (Å²) in [4.78, 5) is 24.7. The molecule has 0 radical (unpaired) electrons. The molecule has 0 saturated carbocycles. The summed E-state index contributed by atoms with van der Waals surface area (Å²) in [6, 6.07) is 21.1. The Bertz CT molecular complexity index is 908. The van der Waals surface area contributed by atoms with E-state index in [9.17, 15) is 14.0 Å². The lowest BCUT2D eigenvalue weighted by Gasteiger charge is -2.11. The number of ketones is 1. The lowest BCUT2D eigenvalue weighted by Crippen LogP contribution is -2.16. The second-order valence-corrected chi connectivity index (χ2v) is 5.57. The first-order valence-corrected chi connectivity index (χ1v) is 8.00. The van der Waals surface area contributed by atoms with Gasteiger partial charge in [-0.3, -0.25) is 10.1 Å². The summed E-state index contributed by atoms with van der Waals surface area (Å²) in [5, 5.41) is 2.59. The Morgan fingerprint density at radius 2 is 1.50 bits per heavy atom. The van der Waals surface area contributed by atoms with Gasteiger partial charge < -0.3 is 4.74 Å². The van der Waals surface area contributed by atoms with Gasteiger partial charge in [-0.1, -0.05) is 42.5 Å². The van der Waals surface area contributed by atoms with Crippen molar-refractivity contribution in [3.63, 3.8) is 0 Å². The second kappa shape index (κ2) is 8.07. The van der Waals surface area contributed by atoms with E-state index in [1.807, 2.05) is 30.3 Å². The molecule has 3 rings (SSSR count). The van der Waals surface area contributed by atoms with Gasteiger partial charge in [-0.25, -0.2) is 9.18 Å². The Kier molecular flexibility index (Phi) is 5.39. The van der Waals surface area contributed by atoms with Gasteiger partial charge in [0.15, 0.2) is 5.78 Å². The molecule has 1 N–H and O–H groups in total. The number of hydrogen-bond donors (Lipinski definition) is 1. The molecular weight excluding hydrogens is 333 g/mol. The van der Waals surface area contributed by atoms with Crippen molar-refractivity contribution in [2.24, 2.45) is 0 Å². The minimum atomic E-state index is -0.659. The van der Waals surface area contributed by atoms with Gasteiger partial charge in [-0.2, -0.15) is 0 Å². The molecule has 0 fully saturated rings. The molecule has 0 aliphatic carbocycles. The smallest absolute Gasteiger partial charge is 0.411 e. The largest absolute Gasteiger partial charge is 0.444 e. The fraction of sp³-hybridized carbons (Fsp3) is 0.0476. The molecule has 0 aromatic heterocycles. The highest BCUT2D eigenvalue weighted by Crippen LogP contribution is 2.20. The molecule has 0 aliphatic rings. The highest BCUT2D eigenvalue weighted by molar-refractivity contribution is 6.13. The third-order valence-corrected chi connectivity index (χ3v) is 3.73. The topological polar surface area (TPSA) is 55.4 Å². The van der Waals surface area contributed by atoms with E-state index in [0.29, 0.717) is 16.8 Å². The number of benzene rings is 3. The van der Waals surface area contributed by atoms with Crippen LogP contribution in [0.15, 0.2) is 78.9 Å². The highest BCUT2D eigenvalue weighted by Gasteiger charge is 2.15. The van der Waals surface area contributed by atoms with Gasteiger partial charge in [0.1, 0.15) is 12.4 Å². The quantitative estimate of drug-likeness (QED) is 0.673. The molecule has 0 unspecified atom stereocenters. The van der Waals surface area contributed by atoms with Crippen molar-refractivity contribution in [2.45, 2.75) is 6.61 Å². The van der Waals surface area contributed by atoms with E-state index in [1.54, 1.807) is 24.3 Å². The molecule has 1 amide bonds. The average Bonchev–Trinajstić information content (AvgIpc) is 2.68. The van der Waals surface area contributed by atoms with E-state index in [-0.39, 0.29) is 12.4 Å². The molecule has 3 aromatic carbocycles. The summed E-state index contributed by atoms with van der Waals surface area (Å²) < 4.78 is 18.2. The van der Waals surface area contributed by atoms with Crippen molar-refractivity contribution in [1.82, 2.24) is 0 Å². The number of rotatable bonds is 5. The van der Waals surface area contributed by atoms with Crippen LogP contribution in [0.4, 0.5) is 14.9 Å². The molecule has 0 atom stereocenters. The van der Waals surface area contributed by atoms with Crippen LogP contribution in [0.1, 0.15) is 21.5 Å². The first-order valence-electron chi connectivity index (χ1n) is 8.00. The van der Waals surface area contributed by atoms with Crippen molar-refractivity contribution < 1.29 is 18.7 Å².